The van der Waals surface area contributed by atoms with E-state index in [1.807, 2.05) is 0 Å². The molecule has 3 rings (SSSR count). The highest BCUT2D eigenvalue weighted by Crippen LogP contribution is 2.41. The van der Waals surface area contributed by atoms with Crippen molar-refractivity contribution in [1.82, 2.24) is 0 Å². The highest BCUT2D eigenvalue weighted by Gasteiger charge is 2.49. The van der Waals surface area contributed by atoms with Crippen molar-refractivity contribution < 1.29 is 17.6 Å². The third-order valence-corrected chi connectivity index (χ3v) is 6.81. The zero-order valence-electron chi connectivity index (χ0n) is 11.8. The molecule has 2 atom stereocenters. The Hall–Kier alpha value is -1.92. The third-order valence-electron chi connectivity index (χ3n) is 3.60. The number of hydrogen-bond acceptors (Lipinski definition) is 5. The number of rotatable bonds is 2. The molecule has 2 heterocycles. The Bertz CT molecular complexity index is 832. The van der Waals surface area contributed by atoms with Crippen molar-refractivity contribution in [3.8, 4) is 6.07 Å². The molecular weight excluding hydrogens is 341 g/mol. The largest absolute Gasteiger partial charge is 0.315 e. The van der Waals surface area contributed by atoms with Crippen LogP contribution in [0, 0.1) is 17.1 Å². The maximum Gasteiger partial charge on any atom is 0.262 e. The van der Waals surface area contributed by atoms with Crippen LogP contribution < -0.4 is 4.90 Å². The molecule has 2 saturated heterocycles. The fraction of sp³-hybridized carbons (Fsp3) is 0.357. The number of hydrogen-bond donors (Lipinski definition) is 0. The van der Waals surface area contributed by atoms with E-state index in [4.69, 9.17) is 5.26 Å². The van der Waals surface area contributed by atoms with Gasteiger partial charge in [-0.25, -0.2) is 12.8 Å². The molecule has 120 valence electrons. The molecule has 0 N–H and O–H groups in total. The second-order valence-electron chi connectivity index (χ2n) is 5.27. The number of carbonyl (C=O) groups excluding carboxylic acids is 1. The first-order valence-electron chi connectivity index (χ1n) is 6.80. The molecule has 0 aliphatic carbocycles. The summed E-state index contributed by atoms with van der Waals surface area (Å²) in [4.78, 5) is 17.2. The first kappa shape index (κ1) is 16.0. The zero-order valence-corrected chi connectivity index (χ0v) is 13.5. The number of thioether (sulfide) groups is 1. The van der Waals surface area contributed by atoms with Crippen LogP contribution in [0.1, 0.15) is 6.42 Å². The van der Waals surface area contributed by atoms with Crippen molar-refractivity contribution in [1.29, 1.82) is 5.26 Å². The normalized spacial score (nSPS) is 27.0. The van der Waals surface area contributed by atoms with Crippen molar-refractivity contribution in [2.45, 2.75) is 17.7 Å². The van der Waals surface area contributed by atoms with E-state index in [2.05, 4.69) is 4.99 Å². The number of amides is 1. The lowest BCUT2D eigenvalue weighted by Gasteiger charge is -2.24. The van der Waals surface area contributed by atoms with Gasteiger partial charge in [-0.15, -0.1) is 0 Å². The Kier molecular flexibility index (Phi) is 4.12. The van der Waals surface area contributed by atoms with Crippen LogP contribution in [-0.2, 0) is 14.6 Å². The number of anilines is 1. The van der Waals surface area contributed by atoms with E-state index >= 15 is 0 Å². The summed E-state index contributed by atoms with van der Waals surface area (Å²) < 4.78 is 37.2. The summed E-state index contributed by atoms with van der Waals surface area (Å²) >= 11 is 1.19. The molecule has 1 amide bonds. The number of benzene rings is 1. The van der Waals surface area contributed by atoms with E-state index in [1.54, 1.807) is 17.0 Å². The number of nitriles is 1. The Morgan fingerprint density at radius 2 is 2.26 bits per heavy atom. The number of halogens is 1. The average Bonchev–Trinajstić information content (AvgIpc) is 2.89. The number of aliphatic imine (C=N–C) groups is 1. The summed E-state index contributed by atoms with van der Waals surface area (Å²) in [6.07, 6.45) is -0.352. The first-order valence-corrected chi connectivity index (χ1v) is 9.50. The lowest BCUT2D eigenvalue weighted by Crippen LogP contribution is -2.37. The smallest absolute Gasteiger partial charge is 0.262 e. The number of carbonyl (C=O) groups is 1. The third kappa shape index (κ3) is 3.23. The van der Waals surface area contributed by atoms with Crippen LogP contribution in [0.25, 0.3) is 0 Å². The maximum absolute atomic E-state index is 13.5. The highest BCUT2D eigenvalue weighted by molar-refractivity contribution is 8.16. The zero-order chi connectivity index (χ0) is 16.6. The Morgan fingerprint density at radius 3 is 2.96 bits per heavy atom. The van der Waals surface area contributed by atoms with E-state index in [-0.39, 0.29) is 29.2 Å². The summed E-state index contributed by atoms with van der Waals surface area (Å²) in [5, 5.41) is 8.64. The quantitative estimate of drug-likeness (QED) is 0.797. The van der Waals surface area contributed by atoms with Gasteiger partial charge in [0.1, 0.15) is 12.2 Å². The van der Waals surface area contributed by atoms with Crippen LogP contribution in [-0.4, -0.2) is 42.3 Å². The molecule has 2 aliphatic rings. The maximum atomic E-state index is 13.5. The molecule has 9 heteroatoms. The van der Waals surface area contributed by atoms with Gasteiger partial charge in [0.25, 0.3) is 5.91 Å². The van der Waals surface area contributed by atoms with Crippen LogP contribution in [0.3, 0.4) is 0 Å². The number of amidine groups is 1. The summed E-state index contributed by atoms with van der Waals surface area (Å²) in [5.41, 5.74) is 0.450. The van der Waals surface area contributed by atoms with E-state index in [0.717, 1.165) is 0 Å². The van der Waals surface area contributed by atoms with Gasteiger partial charge in [0.15, 0.2) is 15.0 Å². The number of fused-ring (bicyclic) bond motifs is 1. The number of nitrogens with zero attached hydrogens (tertiary/aromatic N) is 3. The number of sulfone groups is 1. The van der Waals surface area contributed by atoms with Crippen LogP contribution in [0.4, 0.5) is 10.1 Å². The monoisotopic (exact) mass is 353 g/mol. The average molecular weight is 353 g/mol. The molecule has 0 bridgehead atoms. The van der Waals surface area contributed by atoms with Crippen molar-refractivity contribution in [2.75, 3.05) is 16.4 Å². The molecule has 0 saturated carbocycles. The molecule has 1 aromatic carbocycles. The van der Waals surface area contributed by atoms with E-state index in [1.165, 1.54) is 30.0 Å². The minimum absolute atomic E-state index is 0.000387. The summed E-state index contributed by atoms with van der Waals surface area (Å²) in [5.74, 6) is -1.12. The second kappa shape index (κ2) is 5.94. The molecule has 2 fully saturated rings. The van der Waals surface area contributed by atoms with Gasteiger partial charge >= 0.3 is 0 Å². The molecule has 2 aliphatic heterocycles. The van der Waals surface area contributed by atoms with E-state index < -0.39 is 21.6 Å². The van der Waals surface area contributed by atoms with Gasteiger partial charge in [-0.05, 0) is 18.2 Å². The standard InChI is InChI=1S/C14H12FN3O3S2/c15-9-2-1-3-10(6-9)18-11-7-23(20,21)8-12(11)22-14(18)17-13(19)4-5-16/h1-3,6,11-12H,4,7-8H2/t11-,12-/m1/s1. The minimum atomic E-state index is -3.17. The SMILES string of the molecule is N#CCC(=O)N=C1S[C@@H]2CS(=O)(=O)C[C@H]2N1c1cccc(F)c1. The summed E-state index contributed by atoms with van der Waals surface area (Å²) in [6, 6.07) is 7.06. The fourth-order valence-corrected chi connectivity index (χ4v) is 6.64. The van der Waals surface area contributed by atoms with Crippen LogP contribution in [0.5, 0.6) is 0 Å². The molecule has 0 aromatic heterocycles. The molecule has 23 heavy (non-hydrogen) atoms. The van der Waals surface area contributed by atoms with Gasteiger partial charge in [-0.1, -0.05) is 17.8 Å². The van der Waals surface area contributed by atoms with Gasteiger partial charge in [-0.3, -0.25) is 4.79 Å². The summed E-state index contributed by atoms with van der Waals surface area (Å²) in [6.45, 7) is 0. The van der Waals surface area contributed by atoms with Gasteiger partial charge in [0, 0.05) is 10.9 Å². The fourth-order valence-electron chi connectivity index (χ4n) is 2.71. The van der Waals surface area contributed by atoms with Crippen molar-refractivity contribution in [3.05, 3.63) is 30.1 Å². The molecular formula is C14H12FN3O3S2. The van der Waals surface area contributed by atoms with Crippen molar-refractivity contribution in [3.63, 3.8) is 0 Å². The Morgan fingerprint density at radius 1 is 1.48 bits per heavy atom. The predicted octanol–water partition coefficient (Wildman–Crippen LogP) is 1.34. The summed E-state index contributed by atoms with van der Waals surface area (Å²) in [7, 11) is -3.17. The van der Waals surface area contributed by atoms with E-state index in [9.17, 15) is 17.6 Å². The van der Waals surface area contributed by atoms with Gasteiger partial charge < -0.3 is 4.90 Å². The van der Waals surface area contributed by atoms with Crippen molar-refractivity contribution >= 4 is 38.4 Å². The lowest BCUT2D eigenvalue weighted by molar-refractivity contribution is -0.116. The van der Waals surface area contributed by atoms with Gasteiger partial charge in [0.05, 0.1) is 23.6 Å². The van der Waals surface area contributed by atoms with Crippen LogP contribution in [0.15, 0.2) is 29.3 Å². The highest BCUT2D eigenvalue weighted by atomic mass is 32.2. The molecule has 0 unspecified atom stereocenters. The van der Waals surface area contributed by atoms with Gasteiger partial charge in [0.2, 0.25) is 0 Å². The Labute approximate surface area is 136 Å². The molecule has 0 radical (unpaired) electrons. The molecule has 1 aromatic rings. The van der Waals surface area contributed by atoms with Gasteiger partial charge in [-0.2, -0.15) is 10.3 Å². The van der Waals surface area contributed by atoms with Crippen molar-refractivity contribution in [2.24, 2.45) is 4.99 Å². The van der Waals surface area contributed by atoms with Crippen LogP contribution in [0.2, 0.25) is 0 Å². The predicted molar refractivity (Wildman–Crippen MR) is 85.4 cm³/mol. The Balaban J connectivity index is 2.01. The van der Waals surface area contributed by atoms with Crippen LogP contribution >= 0.6 is 11.8 Å². The topological polar surface area (TPSA) is 90.6 Å². The second-order valence-corrected chi connectivity index (χ2v) is 8.63. The minimum Gasteiger partial charge on any atom is -0.315 e. The molecule has 6 nitrogen and oxygen atoms in total. The first-order chi connectivity index (χ1) is 10.9. The molecule has 0 spiro atoms. The lowest BCUT2D eigenvalue weighted by atomic mass is 10.2. The van der Waals surface area contributed by atoms with E-state index in [0.29, 0.717) is 10.9 Å².